The van der Waals surface area contributed by atoms with Gasteiger partial charge in [0.05, 0.1) is 23.0 Å². The highest BCUT2D eigenvalue weighted by atomic mass is 79.9. The molecule has 0 saturated heterocycles. The van der Waals surface area contributed by atoms with E-state index in [9.17, 15) is 4.79 Å². The Hall–Kier alpha value is -1.34. The highest BCUT2D eigenvalue weighted by Crippen LogP contribution is 2.28. The van der Waals surface area contributed by atoms with Gasteiger partial charge < -0.3 is 4.90 Å². The summed E-state index contributed by atoms with van der Waals surface area (Å²) < 4.78 is 0. The fraction of sp³-hybridized carbons (Fsp3) is 0.467. The van der Waals surface area contributed by atoms with Crippen molar-refractivity contribution in [2.24, 2.45) is 0 Å². The Morgan fingerprint density at radius 1 is 1.37 bits per heavy atom. The minimum Gasteiger partial charge on any atom is -0.330 e. The summed E-state index contributed by atoms with van der Waals surface area (Å²) in [5.74, 6) is 0.0596. The van der Waals surface area contributed by atoms with Crippen molar-refractivity contribution >= 4 is 21.8 Å². The molecule has 1 atom stereocenters. The van der Waals surface area contributed by atoms with Crippen LogP contribution in [0, 0.1) is 11.3 Å². The maximum absolute atomic E-state index is 12.1. The first-order valence-corrected chi connectivity index (χ1v) is 7.31. The second kappa shape index (κ2) is 6.21. The number of carbonyl (C=O) groups excluding carboxylic acids is 1. The third kappa shape index (κ3) is 3.81. The zero-order valence-corrected chi connectivity index (χ0v) is 13.4. The number of hydrogen-bond donors (Lipinski definition) is 0. The molecule has 0 heterocycles. The largest absolute Gasteiger partial charge is 0.330 e. The second-order valence-corrected chi connectivity index (χ2v) is 6.04. The van der Waals surface area contributed by atoms with Gasteiger partial charge in [-0.05, 0) is 45.4 Å². The summed E-state index contributed by atoms with van der Waals surface area (Å²) in [5, 5.41) is 9.12. The Morgan fingerprint density at radius 3 is 2.26 bits per heavy atom. The van der Waals surface area contributed by atoms with E-state index in [4.69, 9.17) is 5.26 Å². The van der Waals surface area contributed by atoms with Gasteiger partial charge in [-0.1, -0.05) is 28.1 Å². The summed E-state index contributed by atoms with van der Waals surface area (Å²) in [6.45, 7) is 8.07. The molecule has 1 aromatic rings. The van der Waals surface area contributed by atoms with Crippen LogP contribution in [0.3, 0.4) is 0 Å². The molecule has 0 spiro atoms. The first-order chi connectivity index (χ1) is 8.81. The number of benzene rings is 1. The van der Waals surface area contributed by atoms with Crippen LogP contribution in [-0.4, -0.2) is 21.7 Å². The molecule has 102 valence electrons. The summed E-state index contributed by atoms with van der Waals surface area (Å²) in [4.78, 5) is 14.0. The molecule has 0 radical (unpaired) electrons. The topological polar surface area (TPSA) is 44.1 Å². The second-order valence-electron chi connectivity index (χ2n) is 5.48. The Labute approximate surface area is 123 Å². The molecule has 0 N–H and O–H groups in total. The smallest absolute Gasteiger partial charge is 0.234 e. The van der Waals surface area contributed by atoms with Gasteiger partial charge in [-0.2, -0.15) is 5.26 Å². The van der Waals surface area contributed by atoms with Crippen LogP contribution < -0.4 is 0 Å². The summed E-state index contributed by atoms with van der Waals surface area (Å²) in [7, 11) is 0. The molecule has 1 unspecified atom stereocenters. The van der Waals surface area contributed by atoms with Crippen LogP contribution in [-0.2, 0) is 4.79 Å². The van der Waals surface area contributed by atoms with Crippen molar-refractivity contribution < 1.29 is 4.79 Å². The van der Waals surface area contributed by atoms with E-state index in [1.165, 1.54) is 0 Å². The SMILES string of the molecule is CC(c1ccc(C#N)cc1)N(C(=O)CBr)C(C)(C)C. The van der Waals surface area contributed by atoms with Crippen LogP contribution in [0.5, 0.6) is 0 Å². The highest BCUT2D eigenvalue weighted by molar-refractivity contribution is 9.09. The summed E-state index contributed by atoms with van der Waals surface area (Å²) in [6.07, 6.45) is 0. The van der Waals surface area contributed by atoms with E-state index >= 15 is 0 Å². The van der Waals surface area contributed by atoms with Crippen molar-refractivity contribution in [2.75, 3.05) is 5.33 Å². The molecular weight excluding hydrogens is 304 g/mol. The van der Waals surface area contributed by atoms with E-state index in [-0.39, 0.29) is 17.5 Å². The Kier molecular flexibility index (Phi) is 5.13. The fourth-order valence-corrected chi connectivity index (χ4v) is 2.49. The third-order valence-corrected chi connectivity index (χ3v) is 3.49. The van der Waals surface area contributed by atoms with Crippen molar-refractivity contribution in [2.45, 2.75) is 39.3 Å². The van der Waals surface area contributed by atoms with Crippen molar-refractivity contribution in [1.29, 1.82) is 5.26 Å². The number of rotatable bonds is 3. The molecule has 0 aliphatic rings. The lowest BCUT2D eigenvalue weighted by Gasteiger charge is -2.40. The van der Waals surface area contributed by atoms with Gasteiger partial charge in [-0.3, -0.25) is 4.79 Å². The lowest BCUT2D eigenvalue weighted by Crippen LogP contribution is -2.47. The van der Waals surface area contributed by atoms with Crippen LogP contribution in [0.4, 0.5) is 0 Å². The molecule has 0 aromatic heterocycles. The molecule has 0 bridgehead atoms. The zero-order chi connectivity index (χ0) is 14.6. The predicted octanol–water partition coefficient (Wildman–Crippen LogP) is 3.64. The summed E-state index contributed by atoms with van der Waals surface area (Å²) in [6, 6.07) is 9.45. The van der Waals surface area contributed by atoms with Gasteiger partial charge in [-0.25, -0.2) is 0 Å². The molecule has 0 fully saturated rings. The zero-order valence-electron chi connectivity index (χ0n) is 11.8. The van der Waals surface area contributed by atoms with Gasteiger partial charge in [0.15, 0.2) is 0 Å². The van der Waals surface area contributed by atoms with E-state index < -0.39 is 0 Å². The van der Waals surface area contributed by atoms with Crippen LogP contribution in [0.1, 0.15) is 44.9 Å². The van der Waals surface area contributed by atoms with E-state index in [0.717, 1.165) is 5.56 Å². The molecule has 1 aromatic carbocycles. The molecule has 4 heteroatoms. The number of amides is 1. The van der Waals surface area contributed by atoms with Crippen LogP contribution >= 0.6 is 15.9 Å². The van der Waals surface area contributed by atoms with Gasteiger partial charge in [0.25, 0.3) is 0 Å². The maximum Gasteiger partial charge on any atom is 0.234 e. The lowest BCUT2D eigenvalue weighted by molar-refractivity contribution is -0.135. The number of halogens is 1. The number of nitrogens with zero attached hydrogens (tertiary/aromatic N) is 2. The standard InChI is InChI=1S/C15H19BrN2O/c1-11(13-7-5-12(10-17)6-8-13)18(14(19)9-16)15(2,3)4/h5-8,11H,9H2,1-4H3. The average molecular weight is 323 g/mol. The molecule has 1 amide bonds. The number of carbonyl (C=O) groups is 1. The van der Waals surface area contributed by atoms with Crippen molar-refractivity contribution in [1.82, 2.24) is 4.90 Å². The number of alkyl halides is 1. The Balaban J connectivity index is 3.09. The van der Waals surface area contributed by atoms with Gasteiger partial charge >= 0.3 is 0 Å². The summed E-state index contributed by atoms with van der Waals surface area (Å²) in [5.41, 5.74) is 1.41. The number of hydrogen-bond acceptors (Lipinski definition) is 2. The molecule has 0 aliphatic carbocycles. The maximum atomic E-state index is 12.1. The quantitative estimate of drug-likeness (QED) is 0.797. The average Bonchev–Trinajstić information content (AvgIpc) is 2.37. The molecule has 3 nitrogen and oxygen atoms in total. The minimum absolute atomic E-state index is 0.0298. The molecular formula is C15H19BrN2O. The van der Waals surface area contributed by atoms with Gasteiger partial charge in [0, 0.05) is 5.54 Å². The van der Waals surface area contributed by atoms with Crippen LogP contribution in [0.2, 0.25) is 0 Å². The van der Waals surface area contributed by atoms with Gasteiger partial charge in [0.1, 0.15) is 0 Å². The predicted molar refractivity (Wildman–Crippen MR) is 80.0 cm³/mol. The van der Waals surface area contributed by atoms with E-state index in [1.54, 1.807) is 12.1 Å². The van der Waals surface area contributed by atoms with Crippen LogP contribution in [0.15, 0.2) is 24.3 Å². The third-order valence-electron chi connectivity index (χ3n) is 3.02. The van der Waals surface area contributed by atoms with Crippen molar-refractivity contribution in [3.63, 3.8) is 0 Å². The normalized spacial score (nSPS) is 12.6. The summed E-state index contributed by atoms with van der Waals surface area (Å²) >= 11 is 3.24. The molecule has 0 aliphatic heterocycles. The fourth-order valence-electron chi connectivity index (χ4n) is 2.22. The van der Waals surface area contributed by atoms with Gasteiger partial charge in [-0.15, -0.1) is 0 Å². The van der Waals surface area contributed by atoms with E-state index in [1.807, 2.05) is 44.7 Å². The van der Waals surface area contributed by atoms with E-state index in [2.05, 4.69) is 22.0 Å². The first kappa shape index (κ1) is 15.7. The minimum atomic E-state index is -0.252. The Morgan fingerprint density at radius 2 is 1.89 bits per heavy atom. The molecule has 19 heavy (non-hydrogen) atoms. The van der Waals surface area contributed by atoms with Crippen molar-refractivity contribution in [3.05, 3.63) is 35.4 Å². The molecule has 0 saturated carbocycles. The molecule has 1 rings (SSSR count). The lowest BCUT2D eigenvalue weighted by atomic mass is 9.98. The Bertz CT molecular complexity index is 482. The number of nitriles is 1. The van der Waals surface area contributed by atoms with Gasteiger partial charge in [0.2, 0.25) is 5.91 Å². The highest BCUT2D eigenvalue weighted by Gasteiger charge is 2.30. The first-order valence-electron chi connectivity index (χ1n) is 6.19. The van der Waals surface area contributed by atoms with E-state index in [0.29, 0.717) is 10.9 Å². The van der Waals surface area contributed by atoms with Crippen molar-refractivity contribution in [3.8, 4) is 6.07 Å². The monoisotopic (exact) mass is 322 g/mol. The van der Waals surface area contributed by atoms with Crippen LogP contribution in [0.25, 0.3) is 0 Å².